The molecule has 2 aromatic rings. The monoisotopic (exact) mass is 593 g/mol. The van der Waals surface area contributed by atoms with Crippen LogP contribution in [0.2, 0.25) is 0 Å². The Hall–Kier alpha value is -3.26. The predicted molar refractivity (Wildman–Crippen MR) is 153 cm³/mol. The number of amides is 4. The highest BCUT2D eigenvalue weighted by Gasteiger charge is 2.47. The minimum Gasteiger partial charge on any atom is -0.354 e. The van der Waals surface area contributed by atoms with Crippen LogP contribution in [0.1, 0.15) is 44.2 Å². The number of halogens is 1. The van der Waals surface area contributed by atoms with Crippen molar-refractivity contribution in [1.82, 2.24) is 15.1 Å². The maximum absolute atomic E-state index is 13.8. The second kappa shape index (κ2) is 13.2. The van der Waals surface area contributed by atoms with Gasteiger partial charge in [-0.1, -0.05) is 84.4 Å². The molecule has 4 amide bonds. The number of carbonyl (C=O) groups excluding carboxylic acids is 4. The van der Waals surface area contributed by atoms with Crippen LogP contribution in [0.3, 0.4) is 0 Å². The lowest BCUT2D eigenvalue weighted by Crippen LogP contribution is -2.51. The van der Waals surface area contributed by atoms with Gasteiger partial charge in [0, 0.05) is 36.9 Å². The number of fused-ring (bicyclic) bond motifs is 1. The molecule has 1 aliphatic heterocycles. The molecule has 0 radical (unpaired) electrons. The number of nitrogens with zero attached hydrogens (tertiary/aromatic N) is 2. The highest BCUT2D eigenvalue weighted by molar-refractivity contribution is 9.10. The summed E-state index contributed by atoms with van der Waals surface area (Å²) in [6, 6.07) is 16.5. The number of likely N-dealkylation sites (tertiary alicyclic amines) is 1. The molecule has 0 aromatic heterocycles. The SMILES string of the molecule is CC(C)CNC(=O)[C@H](Cc1ccccc1)N(Cc1ccc(Br)cc1)C(=O)CCN1C(=O)[C@H]2CC=CC[C@H]2C1=O. The van der Waals surface area contributed by atoms with E-state index in [1.54, 1.807) is 4.90 Å². The summed E-state index contributed by atoms with van der Waals surface area (Å²) in [5.74, 6) is -1.29. The molecule has 1 aliphatic carbocycles. The fourth-order valence-electron chi connectivity index (χ4n) is 5.20. The number of carbonyl (C=O) groups is 4. The zero-order valence-electron chi connectivity index (χ0n) is 22.5. The fraction of sp³-hybridized carbons (Fsp3) is 0.419. The van der Waals surface area contributed by atoms with Crippen LogP contribution in [0.5, 0.6) is 0 Å². The Labute approximate surface area is 238 Å². The van der Waals surface area contributed by atoms with E-state index in [2.05, 4.69) is 21.2 Å². The van der Waals surface area contributed by atoms with Crippen molar-refractivity contribution < 1.29 is 19.2 Å². The number of hydrogen-bond donors (Lipinski definition) is 1. The smallest absolute Gasteiger partial charge is 0.243 e. The number of hydrogen-bond acceptors (Lipinski definition) is 4. The Kier molecular flexibility index (Phi) is 9.73. The molecule has 0 spiro atoms. The van der Waals surface area contributed by atoms with E-state index in [4.69, 9.17) is 0 Å². The van der Waals surface area contributed by atoms with Gasteiger partial charge in [-0.05, 0) is 42.0 Å². The van der Waals surface area contributed by atoms with E-state index >= 15 is 0 Å². The molecule has 39 heavy (non-hydrogen) atoms. The van der Waals surface area contributed by atoms with Crippen LogP contribution in [0.25, 0.3) is 0 Å². The first-order valence-electron chi connectivity index (χ1n) is 13.6. The van der Waals surface area contributed by atoms with Gasteiger partial charge in [-0.25, -0.2) is 0 Å². The number of allylic oxidation sites excluding steroid dienone is 2. The van der Waals surface area contributed by atoms with Gasteiger partial charge in [0.15, 0.2) is 0 Å². The van der Waals surface area contributed by atoms with Gasteiger partial charge in [0.2, 0.25) is 23.6 Å². The number of benzene rings is 2. The molecule has 2 aromatic carbocycles. The molecular formula is C31H36BrN3O4. The molecule has 7 nitrogen and oxygen atoms in total. The number of rotatable bonds is 11. The summed E-state index contributed by atoms with van der Waals surface area (Å²) < 4.78 is 0.918. The largest absolute Gasteiger partial charge is 0.354 e. The van der Waals surface area contributed by atoms with Crippen LogP contribution < -0.4 is 5.32 Å². The molecule has 0 bridgehead atoms. The van der Waals surface area contributed by atoms with Crippen molar-refractivity contribution in [1.29, 1.82) is 0 Å². The molecule has 0 unspecified atom stereocenters. The molecule has 2 aliphatic rings. The maximum Gasteiger partial charge on any atom is 0.243 e. The predicted octanol–water partition coefficient (Wildman–Crippen LogP) is 4.50. The summed E-state index contributed by atoms with van der Waals surface area (Å²) in [6.07, 6.45) is 5.33. The van der Waals surface area contributed by atoms with Crippen LogP contribution in [0.4, 0.5) is 0 Å². The molecule has 1 fully saturated rings. The van der Waals surface area contributed by atoms with E-state index < -0.39 is 6.04 Å². The normalized spacial score (nSPS) is 19.2. The van der Waals surface area contributed by atoms with E-state index in [0.29, 0.717) is 25.8 Å². The summed E-state index contributed by atoms with van der Waals surface area (Å²) >= 11 is 3.45. The highest BCUT2D eigenvalue weighted by Crippen LogP contribution is 2.35. The van der Waals surface area contributed by atoms with Crippen molar-refractivity contribution in [3.05, 3.63) is 82.3 Å². The van der Waals surface area contributed by atoms with Crippen LogP contribution in [-0.2, 0) is 32.1 Å². The molecule has 206 valence electrons. The molecule has 4 rings (SSSR count). The van der Waals surface area contributed by atoms with Crippen molar-refractivity contribution in [3.8, 4) is 0 Å². The molecular weight excluding hydrogens is 558 g/mol. The van der Waals surface area contributed by atoms with Gasteiger partial charge in [0.1, 0.15) is 6.04 Å². The molecule has 0 saturated carbocycles. The number of nitrogens with one attached hydrogen (secondary N) is 1. The Morgan fingerprint density at radius 1 is 0.949 bits per heavy atom. The first kappa shape index (κ1) is 28.7. The fourth-order valence-corrected chi connectivity index (χ4v) is 5.47. The van der Waals surface area contributed by atoms with Crippen molar-refractivity contribution >= 4 is 39.6 Å². The Morgan fingerprint density at radius 3 is 2.15 bits per heavy atom. The van der Waals surface area contributed by atoms with E-state index in [9.17, 15) is 19.2 Å². The third kappa shape index (κ3) is 7.24. The summed E-state index contributed by atoms with van der Waals surface area (Å²) in [5, 5.41) is 3.01. The van der Waals surface area contributed by atoms with Gasteiger partial charge >= 0.3 is 0 Å². The van der Waals surface area contributed by atoms with Crippen LogP contribution in [0, 0.1) is 17.8 Å². The van der Waals surface area contributed by atoms with Crippen molar-refractivity contribution in [3.63, 3.8) is 0 Å². The summed E-state index contributed by atoms with van der Waals surface area (Å²) in [6.45, 7) is 4.79. The molecule has 1 heterocycles. The molecule has 1 N–H and O–H groups in total. The Bertz CT molecular complexity index is 1190. The van der Waals surface area contributed by atoms with Gasteiger partial charge < -0.3 is 10.2 Å². The average Bonchev–Trinajstić information content (AvgIpc) is 3.18. The number of imide groups is 1. The van der Waals surface area contributed by atoms with Gasteiger partial charge in [-0.2, -0.15) is 0 Å². The van der Waals surface area contributed by atoms with Crippen LogP contribution >= 0.6 is 15.9 Å². The highest BCUT2D eigenvalue weighted by atomic mass is 79.9. The molecule has 1 saturated heterocycles. The van der Waals surface area contributed by atoms with Gasteiger partial charge in [-0.15, -0.1) is 0 Å². The van der Waals surface area contributed by atoms with Gasteiger partial charge in [0.05, 0.1) is 11.8 Å². The lowest BCUT2D eigenvalue weighted by Gasteiger charge is -2.32. The minimum atomic E-state index is -0.751. The van der Waals surface area contributed by atoms with Crippen LogP contribution in [0.15, 0.2) is 71.2 Å². The third-order valence-corrected chi connectivity index (χ3v) is 7.90. The van der Waals surface area contributed by atoms with E-state index in [1.165, 1.54) is 4.90 Å². The van der Waals surface area contributed by atoms with E-state index in [1.807, 2.05) is 80.6 Å². The topological polar surface area (TPSA) is 86.8 Å². The summed E-state index contributed by atoms with van der Waals surface area (Å²) in [4.78, 5) is 56.2. The maximum atomic E-state index is 13.8. The second-order valence-electron chi connectivity index (χ2n) is 10.7. The molecule has 3 atom stereocenters. The minimum absolute atomic E-state index is 0.0198. The van der Waals surface area contributed by atoms with E-state index in [0.717, 1.165) is 15.6 Å². The lowest BCUT2D eigenvalue weighted by molar-refractivity contribution is -0.144. The third-order valence-electron chi connectivity index (χ3n) is 7.37. The Morgan fingerprint density at radius 2 is 1.56 bits per heavy atom. The second-order valence-corrected chi connectivity index (χ2v) is 11.6. The van der Waals surface area contributed by atoms with Gasteiger partial charge in [0.25, 0.3) is 0 Å². The summed E-state index contributed by atoms with van der Waals surface area (Å²) in [5.41, 5.74) is 1.82. The summed E-state index contributed by atoms with van der Waals surface area (Å²) in [7, 11) is 0. The first-order valence-corrected chi connectivity index (χ1v) is 14.4. The van der Waals surface area contributed by atoms with Crippen molar-refractivity contribution in [2.75, 3.05) is 13.1 Å². The standard InChI is InChI=1S/C31H36BrN3O4/c1-21(2)19-33-29(37)27(18-22-8-4-3-5-9-22)35(20-23-12-14-24(32)15-13-23)28(36)16-17-34-30(38)25-10-6-7-11-26(25)31(34)39/h3-9,12-15,21,25-27H,10-11,16-20H2,1-2H3,(H,33,37)/t25-,26+,27-/m0/s1. The van der Waals surface area contributed by atoms with Gasteiger partial charge in [-0.3, -0.25) is 24.1 Å². The average molecular weight is 595 g/mol. The quantitative estimate of drug-likeness (QED) is 0.307. The van der Waals surface area contributed by atoms with Crippen molar-refractivity contribution in [2.45, 2.75) is 52.1 Å². The zero-order chi connectivity index (χ0) is 27.9. The first-order chi connectivity index (χ1) is 18.7. The lowest BCUT2D eigenvalue weighted by atomic mass is 9.85. The van der Waals surface area contributed by atoms with Crippen molar-refractivity contribution in [2.24, 2.45) is 17.8 Å². The Balaban J connectivity index is 1.57. The van der Waals surface area contributed by atoms with E-state index in [-0.39, 0.29) is 60.9 Å². The molecule has 8 heteroatoms. The van der Waals surface area contributed by atoms with Crippen LogP contribution in [-0.4, -0.2) is 52.6 Å². The zero-order valence-corrected chi connectivity index (χ0v) is 24.1.